The van der Waals surface area contributed by atoms with Crippen molar-refractivity contribution >= 4 is 33.3 Å². The van der Waals surface area contributed by atoms with Gasteiger partial charge in [0.15, 0.2) is 0 Å². The van der Waals surface area contributed by atoms with Gasteiger partial charge in [-0.15, -0.1) is 0 Å². The molecule has 0 aliphatic rings. The van der Waals surface area contributed by atoms with Crippen molar-refractivity contribution < 1.29 is 0 Å². The molecule has 0 radical (unpaired) electrons. The molecule has 5 heteroatoms. The topological polar surface area (TPSA) is 49.8 Å². The molecule has 0 bridgehead atoms. The number of aromatic nitrogens is 2. The zero-order valence-corrected chi connectivity index (χ0v) is 14.2. The van der Waals surface area contributed by atoms with Gasteiger partial charge in [0.2, 0.25) is 0 Å². The van der Waals surface area contributed by atoms with Gasteiger partial charge < -0.3 is 10.6 Å². The fourth-order valence-electron chi connectivity index (χ4n) is 2.12. The Balaban J connectivity index is 2.36. The summed E-state index contributed by atoms with van der Waals surface area (Å²) in [6, 6.07) is 8.02. The van der Waals surface area contributed by atoms with E-state index in [2.05, 4.69) is 57.3 Å². The van der Waals surface area contributed by atoms with E-state index in [1.54, 1.807) is 6.33 Å². The van der Waals surface area contributed by atoms with Gasteiger partial charge in [-0.25, -0.2) is 9.97 Å². The third kappa shape index (κ3) is 3.94. The number of halogens is 1. The minimum Gasteiger partial charge on any atom is -0.370 e. The SMILES string of the molecule is CCCNc1ncnc(Nc2ccccc2Br)c1C(C)C. The van der Waals surface area contributed by atoms with Crippen LogP contribution in [0.4, 0.5) is 17.3 Å². The Hall–Kier alpha value is -1.62. The van der Waals surface area contributed by atoms with E-state index in [1.165, 1.54) is 0 Å². The first-order valence-electron chi connectivity index (χ1n) is 7.23. The van der Waals surface area contributed by atoms with Gasteiger partial charge in [-0.1, -0.05) is 32.9 Å². The first-order chi connectivity index (χ1) is 10.1. The summed E-state index contributed by atoms with van der Waals surface area (Å²) in [5.41, 5.74) is 2.11. The third-order valence-electron chi connectivity index (χ3n) is 3.13. The molecule has 0 saturated heterocycles. The van der Waals surface area contributed by atoms with Crippen molar-refractivity contribution in [2.24, 2.45) is 0 Å². The van der Waals surface area contributed by atoms with Gasteiger partial charge in [-0.05, 0) is 40.4 Å². The van der Waals surface area contributed by atoms with Gasteiger partial charge in [0.25, 0.3) is 0 Å². The van der Waals surface area contributed by atoms with Crippen LogP contribution in [-0.2, 0) is 0 Å². The summed E-state index contributed by atoms with van der Waals surface area (Å²) in [7, 11) is 0. The Kier molecular flexibility index (Phi) is 5.56. The van der Waals surface area contributed by atoms with E-state index >= 15 is 0 Å². The van der Waals surface area contributed by atoms with Crippen LogP contribution in [0.25, 0.3) is 0 Å². The van der Waals surface area contributed by atoms with Crippen LogP contribution >= 0.6 is 15.9 Å². The molecule has 0 fully saturated rings. The fraction of sp³-hybridized carbons (Fsp3) is 0.375. The first kappa shape index (κ1) is 15.8. The molecule has 112 valence electrons. The number of nitrogens with one attached hydrogen (secondary N) is 2. The van der Waals surface area contributed by atoms with Crippen LogP contribution in [0.5, 0.6) is 0 Å². The van der Waals surface area contributed by atoms with Gasteiger partial charge in [-0.3, -0.25) is 0 Å². The molecule has 0 unspecified atom stereocenters. The van der Waals surface area contributed by atoms with Crippen molar-refractivity contribution in [1.29, 1.82) is 0 Å². The molecule has 1 aromatic carbocycles. The van der Waals surface area contributed by atoms with Crippen LogP contribution in [0.2, 0.25) is 0 Å². The summed E-state index contributed by atoms with van der Waals surface area (Å²) in [5, 5.41) is 6.78. The van der Waals surface area contributed by atoms with E-state index in [9.17, 15) is 0 Å². The normalized spacial score (nSPS) is 10.7. The fourth-order valence-corrected chi connectivity index (χ4v) is 2.50. The van der Waals surface area contributed by atoms with Crippen LogP contribution in [0.1, 0.15) is 38.7 Å². The molecule has 1 heterocycles. The van der Waals surface area contributed by atoms with Crippen molar-refractivity contribution in [1.82, 2.24) is 9.97 Å². The lowest BCUT2D eigenvalue weighted by molar-refractivity contribution is 0.844. The number of benzene rings is 1. The van der Waals surface area contributed by atoms with Gasteiger partial charge in [0, 0.05) is 16.6 Å². The summed E-state index contributed by atoms with van der Waals surface area (Å²) in [4.78, 5) is 8.81. The molecule has 1 aromatic heterocycles. The smallest absolute Gasteiger partial charge is 0.139 e. The monoisotopic (exact) mass is 348 g/mol. The second-order valence-corrected chi connectivity index (χ2v) is 6.03. The van der Waals surface area contributed by atoms with Crippen LogP contribution in [-0.4, -0.2) is 16.5 Å². The van der Waals surface area contributed by atoms with Crippen LogP contribution in [0, 0.1) is 0 Å². The second-order valence-electron chi connectivity index (χ2n) is 5.17. The average molecular weight is 349 g/mol. The van der Waals surface area contributed by atoms with E-state index in [0.717, 1.165) is 40.3 Å². The van der Waals surface area contributed by atoms with Crippen molar-refractivity contribution in [2.75, 3.05) is 17.2 Å². The molecule has 0 spiro atoms. The lowest BCUT2D eigenvalue weighted by Gasteiger charge is -2.18. The summed E-state index contributed by atoms with van der Waals surface area (Å²) in [5.74, 6) is 2.09. The first-order valence-corrected chi connectivity index (χ1v) is 8.03. The van der Waals surface area contributed by atoms with E-state index in [-0.39, 0.29) is 0 Å². The van der Waals surface area contributed by atoms with E-state index in [0.29, 0.717) is 5.92 Å². The largest absolute Gasteiger partial charge is 0.370 e. The lowest BCUT2D eigenvalue weighted by Crippen LogP contribution is -2.10. The molecule has 0 aliphatic carbocycles. The van der Waals surface area contributed by atoms with E-state index in [4.69, 9.17) is 0 Å². The highest BCUT2D eigenvalue weighted by Gasteiger charge is 2.15. The highest BCUT2D eigenvalue weighted by atomic mass is 79.9. The molecule has 2 rings (SSSR count). The summed E-state index contributed by atoms with van der Waals surface area (Å²) in [6.07, 6.45) is 2.66. The van der Waals surface area contributed by atoms with Crippen molar-refractivity contribution in [3.05, 3.63) is 40.6 Å². The zero-order chi connectivity index (χ0) is 15.2. The van der Waals surface area contributed by atoms with Crippen molar-refractivity contribution in [2.45, 2.75) is 33.1 Å². The summed E-state index contributed by atoms with van der Waals surface area (Å²) in [6.45, 7) is 7.36. The Morgan fingerprint density at radius 1 is 1.14 bits per heavy atom. The minimum atomic E-state index is 0.329. The number of rotatable bonds is 6. The molecule has 21 heavy (non-hydrogen) atoms. The van der Waals surface area contributed by atoms with Crippen LogP contribution < -0.4 is 10.6 Å². The van der Waals surface area contributed by atoms with Gasteiger partial charge >= 0.3 is 0 Å². The molecule has 0 atom stereocenters. The van der Waals surface area contributed by atoms with Crippen molar-refractivity contribution in [3.8, 4) is 0 Å². The molecule has 2 N–H and O–H groups in total. The number of nitrogens with zero attached hydrogens (tertiary/aromatic N) is 2. The maximum atomic E-state index is 4.42. The number of hydrogen-bond acceptors (Lipinski definition) is 4. The number of hydrogen-bond donors (Lipinski definition) is 2. The molecular formula is C16H21BrN4. The number of anilines is 3. The molecule has 4 nitrogen and oxygen atoms in total. The highest BCUT2D eigenvalue weighted by molar-refractivity contribution is 9.10. The molecule has 0 amide bonds. The second kappa shape index (κ2) is 7.41. The number of para-hydroxylation sites is 1. The molecular weight excluding hydrogens is 328 g/mol. The Bertz CT molecular complexity index is 599. The highest BCUT2D eigenvalue weighted by Crippen LogP contribution is 2.32. The Morgan fingerprint density at radius 3 is 2.52 bits per heavy atom. The van der Waals surface area contributed by atoms with Gasteiger partial charge in [-0.2, -0.15) is 0 Å². The average Bonchev–Trinajstić information content (AvgIpc) is 2.47. The standard InChI is InChI=1S/C16H21BrN4/c1-4-9-18-15-14(11(2)3)16(20-10-19-15)21-13-8-6-5-7-12(13)17/h5-8,10-11H,4,9H2,1-3H3,(H2,18,19,20,21). The Labute approximate surface area is 134 Å². The lowest BCUT2D eigenvalue weighted by atomic mass is 10.0. The maximum absolute atomic E-state index is 4.42. The quantitative estimate of drug-likeness (QED) is 0.777. The summed E-state index contributed by atoms with van der Waals surface area (Å²) < 4.78 is 1.02. The van der Waals surface area contributed by atoms with E-state index < -0.39 is 0 Å². The van der Waals surface area contributed by atoms with Crippen LogP contribution in [0.15, 0.2) is 35.1 Å². The zero-order valence-electron chi connectivity index (χ0n) is 12.7. The predicted molar refractivity (Wildman–Crippen MR) is 92.3 cm³/mol. The van der Waals surface area contributed by atoms with Crippen molar-refractivity contribution in [3.63, 3.8) is 0 Å². The van der Waals surface area contributed by atoms with Gasteiger partial charge in [0.05, 0.1) is 5.69 Å². The molecule has 0 aliphatic heterocycles. The summed E-state index contributed by atoms with van der Waals surface area (Å²) >= 11 is 3.55. The molecule has 2 aromatic rings. The van der Waals surface area contributed by atoms with Gasteiger partial charge in [0.1, 0.15) is 18.0 Å². The Morgan fingerprint density at radius 2 is 1.86 bits per heavy atom. The van der Waals surface area contributed by atoms with Crippen LogP contribution in [0.3, 0.4) is 0 Å². The maximum Gasteiger partial charge on any atom is 0.139 e. The predicted octanol–water partition coefficient (Wildman–Crippen LogP) is 4.93. The van der Waals surface area contributed by atoms with E-state index in [1.807, 2.05) is 24.3 Å². The third-order valence-corrected chi connectivity index (χ3v) is 3.82. The minimum absolute atomic E-state index is 0.329. The molecule has 0 saturated carbocycles.